The lowest BCUT2D eigenvalue weighted by atomic mass is 10.2. The minimum Gasteiger partial charge on any atom is -0.445 e. The number of urea groups is 1. The average Bonchev–Trinajstić information content (AvgIpc) is 2.73. The van der Waals surface area contributed by atoms with Crippen LogP contribution in [-0.4, -0.2) is 30.6 Å². The molecule has 1 saturated heterocycles. The molecule has 4 amide bonds. The van der Waals surface area contributed by atoms with E-state index in [1.165, 1.54) is 0 Å². The normalized spacial score (nSPS) is 17.6. The molecule has 1 aromatic carbocycles. The van der Waals surface area contributed by atoms with Crippen molar-refractivity contribution in [1.29, 1.82) is 0 Å². The summed E-state index contributed by atoms with van der Waals surface area (Å²) in [5, 5.41) is 6.84. The first-order valence-corrected chi connectivity index (χ1v) is 5.71. The first kappa shape index (κ1) is 12.9. The van der Waals surface area contributed by atoms with E-state index in [2.05, 4.69) is 16.0 Å². The molecule has 7 nitrogen and oxygen atoms in total. The Balaban J connectivity index is 1.70. The maximum Gasteiger partial charge on any atom is 0.407 e. The molecule has 0 saturated carbocycles. The molecule has 1 heterocycles. The van der Waals surface area contributed by atoms with E-state index in [1.54, 1.807) is 0 Å². The number of hydrogen-bond acceptors (Lipinski definition) is 4. The monoisotopic (exact) mass is 263 g/mol. The van der Waals surface area contributed by atoms with E-state index in [1.807, 2.05) is 30.3 Å². The van der Waals surface area contributed by atoms with Crippen LogP contribution in [0.25, 0.3) is 0 Å². The topological polar surface area (TPSA) is 96.5 Å². The van der Waals surface area contributed by atoms with Crippen LogP contribution in [0.5, 0.6) is 0 Å². The van der Waals surface area contributed by atoms with E-state index in [0.717, 1.165) is 5.56 Å². The molecule has 0 aromatic heterocycles. The van der Waals surface area contributed by atoms with Gasteiger partial charge in [0.15, 0.2) is 0 Å². The molecule has 7 heteroatoms. The number of carbonyl (C=O) groups is 3. The van der Waals surface area contributed by atoms with Crippen molar-refractivity contribution in [2.45, 2.75) is 12.6 Å². The fourth-order valence-electron chi connectivity index (χ4n) is 1.56. The zero-order valence-corrected chi connectivity index (χ0v) is 10.0. The summed E-state index contributed by atoms with van der Waals surface area (Å²) in [5.41, 5.74) is 0.865. The molecule has 1 aromatic rings. The molecule has 0 radical (unpaired) electrons. The van der Waals surface area contributed by atoms with Crippen LogP contribution in [0.2, 0.25) is 0 Å². The Morgan fingerprint density at radius 1 is 1.26 bits per heavy atom. The number of benzene rings is 1. The van der Waals surface area contributed by atoms with Gasteiger partial charge in [-0.25, -0.2) is 9.59 Å². The minimum atomic E-state index is -0.753. The van der Waals surface area contributed by atoms with Crippen molar-refractivity contribution >= 4 is 18.0 Å². The van der Waals surface area contributed by atoms with Crippen molar-refractivity contribution < 1.29 is 19.1 Å². The van der Waals surface area contributed by atoms with E-state index in [0.29, 0.717) is 0 Å². The maximum atomic E-state index is 11.4. The Morgan fingerprint density at radius 3 is 2.63 bits per heavy atom. The molecule has 1 aliphatic rings. The summed E-state index contributed by atoms with van der Waals surface area (Å²) in [4.78, 5) is 33.4. The average molecular weight is 263 g/mol. The molecule has 3 N–H and O–H groups in total. The summed E-state index contributed by atoms with van der Waals surface area (Å²) < 4.78 is 4.96. The Bertz CT molecular complexity index is 489. The molecule has 2 rings (SSSR count). The van der Waals surface area contributed by atoms with Gasteiger partial charge in [-0.1, -0.05) is 30.3 Å². The lowest BCUT2D eigenvalue weighted by Crippen LogP contribution is -2.41. The maximum absolute atomic E-state index is 11.4. The van der Waals surface area contributed by atoms with Crippen molar-refractivity contribution in [3.8, 4) is 0 Å². The third-order valence-corrected chi connectivity index (χ3v) is 2.52. The fourth-order valence-corrected chi connectivity index (χ4v) is 1.56. The van der Waals surface area contributed by atoms with Crippen LogP contribution in [-0.2, 0) is 16.1 Å². The van der Waals surface area contributed by atoms with Crippen LogP contribution >= 0.6 is 0 Å². The van der Waals surface area contributed by atoms with E-state index in [4.69, 9.17) is 4.74 Å². The lowest BCUT2D eigenvalue weighted by molar-refractivity contribution is -0.120. The summed E-state index contributed by atoms with van der Waals surface area (Å²) in [6.45, 7) is 0.140. The molecule has 1 unspecified atom stereocenters. The van der Waals surface area contributed by atoms with Crippen LogP contribution in [0, 0.1) is 0 Å². The van der Waals surface area contributed by atoms with Crippen molar-refractivity contribution in [2.24, 2.45) is 0 Å². The van der Waals surface area contributed by atoms with Gasteiger partial charge in [0, 0.05) is 0 Å². The molecule has 100 valence electrons. The van der Waals surface area contributed by atoms with Crippen LogP contribution in [0.4, 0.5) is 9.59 Å². The predicted octanol–water partition coefficient (Wildman–Crippen LogP) is 0.121. The van der Waals surface area contributed by atoms with Gasteiger partial charge in [0.25, 0.3) is 5.91 Å². The summed E-state index contributed by atoms with van der Waals surface area (Å²) in [6.07, 6.45) is -0.641. The Hall–Kier alpha value is -2.57. The number of rotatable bonds is 4. The van der Waals surface area contributed by atoms with Gasteiger partial charge in [0.05, 0.1) is 6.54 Å². The molecule has 1 atom stereocenters. The highest BCUT2D eigenvalue weighted by Gasteiger charge is 2.29. The number of hydrogen-bond donors (Lipinski definition) is 3. The minimum absolute atomic E-state index is 0.00873. The molecular weight excluding hydrogens is 250 g/mol. The van der Waals surface area contributed by atoms with E-state index < -0.39 is 24.1 Å². The highest BCUT2D eigenvalue weighted by atomic mass is 16.5. The molecule has 1 aliphatic heterocycles. The zero-order chi connectivity index (χ0) is 13.7. The van der Waals surface area contributed by atoms with Gasteiger partial charge in [-0.3, -0.25) is 10.1 Å². The molecule has 0 bridgehead atoms. The summed E-state index contributed by atoms with van der Waals surface area (Å²) >= 11 is 0. The third-order valence-electron chi connectivity index (χ3n) is 2.52. The number of imide groups is 1. The Kier molecular flexibility index (Phi) is 3.97. The quantitative estimate of drug-likeness (QED) is 0.672. The van der Waals surface area contributed by atoms with Crippen molar-refractivity contribution in [1.82, 2.24) is 16.0 Å². The van der Waals surface area contributed by atoms with Gasteiger partial charge in [0.1, 0.15) is 12.6 Å². The van der Waals surface area contributed by atoms with E-state index >= 15 is 0 Å². The molecule has 1 fully saturated rings. The smallest absolute Gasteiger partial charge is 0.407 e. The van der Waals surface area contributed by atoms with Gasteiger partial charge in [-0.05, 0) is 5.56 Å². The van der Waals surface area contributed by atoms with Gasteiger partial charge < -0.3 is 15.4 Å². The Labute approximate surface area is 109 Å². The Morgan fingerprint density at radius 2 is 2.00 bits per heavy atom. The van der Waals surface area contributed by atoms with Gasteiger partial charge >= 0.3 is 12.1 Å². The van der Waals surface area contributed by atoms with Crippen molar-refractivity contribution in [3.05, 3.63) is 35.9 Å². The van der Waals surface area contributed by atoms with Crippen molar-refractivity contribution in [3.63, 3.8) is 0 Å². The van der Waals surface area contributed by atoms with Gasteiger partial charge in [0.2, 0.25) is 0 Å². The second-order valence-corrected chi connectivity index (χ2v) is 3.96. The highest BCUT2D eigenvalue weighted by molar-refractivity contribution is 6.04. The highest BCUT2D eigenvalue weighted by Crippen LogP contribution is 2.00. The second kappa shape index (κ2) is 5.85. The number of alkyl carbamates (subject to hydrolysis) is 1. The van der Waals surface area contributed by atoms with Crippen LogP contribution in [0.15, 0.2) is 30.3 Å². The number of amides is 4. The predicted molar refractivity (Wildman–Crippen MR) is 65.1 cm³/mol. The second-order valence-electron chi connectivity index (χ2n) is 3.96. The molecule has 0 spiro atoms. The first-order chi connectivity index (χ1) is 9.15. The van der Waals surface area contributed by atoms with E-state index in [-0.39, 0.29) is 13.2 Å². The largest absolute Gasteiger partial charge is 0.445 e. The summed E-state index contributed by atoms with van der Waals surface area (Å²) in [6, 6.07) is 7.90. The molecule has 0 aliphatic carbocycles. The summed E-state index contributed by atoms with van der Waals surface area (Å²) in [7, 11) is 0. The molecule has 19 heavy (non-hydrogen) atoms. The van der Waals surface area contributed by atoms with Crippen molar-refractivity contribution in [2.75, 3.05) is 6.54 Å². The van der Waals surface area contributed by atoms with Crippen LogP contribution in [0.1, 0.15) is 5.56 Å². The van der Waals surface area contributed by atoms with Gasteiger partial charge in [-0.15, -0.1) is 0 Å². The number of carbonyl (C=O) groups excluding carboxylic acids is 3. The standard InChI is InChI=1S/C12H13N3O4/c16-10-9(14-11(17)15-10)6-13-12(18)19-7-8-4-2-1-3-5-8/h1-5,9H,6-7H2,(H,13,18)(H2,14,15,16,17). The van der Waals surface area contributed by atoms with Crippen LogP contribution < -0.4 is 16.0 Å². The van der Waals surface area contributed by atoms with E-state index in [9.17, 15) is 14.4 Å². The van der Waals surface area contributed by atoms with Gasteiger partial charge in [-0.2, -0.15) is 0 Å². The molecular formula is C12H13N3O4. The SMILES string of the molecule is O=C1NC(=O)C(CNC(=O)OCc2ccccc2)N1. The third kappa shape index (κ3) is 3.70. The summed E-state index contributed by atoms with van der Waals surface area (Å²) in [5.74, 6) is -0.464. The fraction of sp³-hybridized carbons (Fsp3) is 0.250. The number of nitrogens with one attached hydrogen (secondary N) is 3. The van der Waals surface area contributed by atoms with Crippen LogP contribution in [0.3, 0.4) is 0 Å². The number of ether oxygens (including phenoxy) is 1. The lowest BCUT2D eigenvalue weighted by Gasteiger charge is -2.09. The zero-order valence-electron chi connectivity index (χ0n) is 10.0. The first-order valence-electron chi connectivity index (χ1n) is 5.71.